The lowest BCUT2D eigenvalue weighted by atomic mass is 9.98. The minimum atomic E-state index is -0.0631. The average Bonchev–Trinajstić information content (AvgIpc) is 3.22. The lowest BCUT2D eigenvalue weighted by molar-refractivity contribution is -0.127. The third kappa shape index (κ3) is 3.62. The van der Waals surface area contributed by atoms with Gasteiger partial charge in [-0.2, -0.15) is 0 Å². The molecule has 0 aromatic carbocycles. The van der Waals surface area contributed by atoms with Crippen LogP contribution in [-0.4, -0.2) is 52.4 Å². The SMILES string of the molecule is CC(C)c1cc(C(=O)N2CCCCC2CCN2CCCC2=O)on1. The molecule has 2 fully saturated rings. The molecule has 1 unspecified atom stereocenters. The number of hydrogen-bond donors (Lipinski definition) is 0. The van der Waals surface area contributed by atoms with Crippen molar-refractivity contribution >= 4 is 11.8 Å². The first-order valence-electron chi connectivity index (χ1n) is 9.11. The van der Waals surface area contributed by atoms with Gasteiger partial charge in [0.25, 0.3) is 5.91 Å². The highest BCUT2D eigenvalue weighted by molar-refractivity contribution is 5.91. The van der Waals surface area contributed by atoms with E-state index in [1.165, 1.54) is 0 Å². The summed E-state index contributed by atoms with van der Waals surface area (Å²) in [6.45, 7) is 6.43. The molecule has 2 aliphatic heterocycles. The van der Waals surface area contributed by atoms with E-state index in [0.29, 0.717) is 12.2 Å². The molecule has 1 aromatic rings. The van der Waals surface area contributed by atoms with Gasteiger partial charge in [0.05, 0.1) is 5.69 Å². The van der Waals surface area contributed by atoms with Gasteiger partial charge in [-0.3, -0.25) is 9.59 Å². The monoisotopic (exact) mass is 333 g/mol. The van der Waals surface area contributed by atoms with Crippen molar-refractivity contribution in [2.24, 2.45) is 0 Å². The molecule has 2 saturated heterocycles. The molecular formula is C18H27N3O3. The van der Waals surface area contributed by atoms with Crippen LogP contribution < -0.4 is 0 Å². The Morgan fingerprint density at radius 1 is 1.33 bits per heavy atom. The van der Waals surface area contributed by atoms with E-state index in [0.717, 1.165) is 57.4 Å². The molecule has 0 aliphatic carbocycles. The smallest absolute Gasteiger partial charge is 0.292 e. The van der Waals surface area contributed by atoms with Crippen molar-refractivity contribution in [3.8, 4) is 0 Å². The minimum absolute atomic E-state index is 0.0631. The molecule has 0 radical (unpaired) electrons. The largest absolute Gasteiger partial charge is 0.351 e. The van der Waals surface area contributed by atoms with Crippen LogP contribution in [0, 0.1) is 0 Å². The first-order chi connectivity index (χ1) is 11.6. The third-order valence-electron chi connectivity index (χ3n) is 5.12. The summed E-state index contributed by atoms with van der Waals surface area (Å²) >= 11 is 0. The van der Waals surface area contributed by atoms with E-state index in [1.54, 1.807) is 6.07 Å². The molecule has 6 heteroatoms. The normalized spacial score (nSPS) is 21.8. The van der Waals surface area contributed by atoms with E-state index >= 15 is 0 Å². The number of amides is 2. The van der Waals surface area contributed by atoms with Crippen molar-refractivity contribution < 1.29 is 14.1 Å². The average molecular weight is 333 g/mol. The summed E-state index contributed by atoms with van der Waals surface area (Å²) in [5.41, 5.74) is 0.814. The third-order valence-corrected chi connectivity index (χ3v) is 5.12. The molecule has 3 rings (SSSR count). The minimum Gasteiger partial charge on any atom is -0.351 e. The summed E-state index contributed by atoms with van der Waals surface area (Å²) in [6, 6.07) is 1.95. The van der Waals surface area contributed by atoms with Crippen molar-refractivity contribution in [2.45, 2.75) is 64.3 Å². The van der Waals surface area contributed by atoms with E-state index in [1.807, 2.05) is 23.6 Å². The molecule has 132 valence electrons. The van der Waals surface area contributed by atoms with Crippen LogP contribution in [0.25, 0.3) is 0 Å². The van der Waals surface area contributed by atoms with Crippen LogP contribution >= 0.6 is 0 Å². The predicted molar refractivity (Wildman–Crippen MR) is 89.7 cm³/mol. The van der Waals surface area contributed by atoms with Gasteiger partial charge in [0, 0.05) is 38.2 Å². The molecule has 0 spiro atoms. The molecule has 2 amide bonds. The maximum absolute atomic E-state index is 12.8. The van der Waals surface area contributed by atoms with Gasteiger partial charge >= 0.3 is 0 Å². The van der Waals surface area contributed by atoms with Crippen LogP contribution in [0.5, 0.6) is 0 Å². The van der Waals surface area contributed by atoms with E-state index in [4.69, 9.17) is 4.52 Å². The second kappa shape index (κ2) is 7.36. The lowest BCUT2D eigenvalue weighted by Crippen LogP contribution is -2.45. The quantitative estimate of drug-likeness (QED) is 0.831. The fraction of sp³-hybridized carbons (Fsp3) is 0.722. The molecule has 0 N–H and O–H groups in total. The first kappa shape index (κ1) is 17.0. The van der Waals surface area contributed by atoms with Crippen molar-refractivity contribution in [2.75, 3.05) is 19.6 Å². The van der Waals surface area contributed by atoms with Gasteiger partial charge in [-0.25, -0.2) is 0 Å². The number of hydrogen-bond acceptors (Lipinski definition) is 4. The van der Waals surface area contributed by atoms with Crippen LogP contribution in [0.3, 0.4) is 0 Å². The summed E-state index contributed by atoms with van der Waals surface area (Å²) in [7, 11) is 0. The number of carbonyl (C=O) groups is 2. The standard InChI is InChI=1S/C18H27N3O3/c1-13(2)15-12-16(24-19-15)18(23)21-10-4-3-6-14(21)8-11-20-9-5-7-17(20)22/h12-14H,3-11H2,1-2H3. The van der Waals surface area contributed by atoms with Crippen molar-refractivity contribution in [3.63, 3.8) is 0 Å². The molecule has 3 heterocycles. The Labute approximate surface area is 143 Å². The number of rotatable bonds is 5. The highest BCUT2D eigenvalue weighted by atomic mass is 16.5. The van der Waals surface area contributed by atoms with Crippen LogP contribution in [-0.2, 0) is 4.79 Å². The Hall–Kier alpha value is -1.85. The van der Waals surface area contributed by atoms with E-state index in [-0.39, 0.29) is 23.8 Å². The Morgan fingerprint density at radius 2 is 2.17 bits per heavy atom. The van der Waals surface area contributed by atoms with E-state index in [9.17, 15) is 9.59 Å². The van der Waals surface area contributed by atoms with Gasteiger partial charge < -0.3 is 14.3 Å². The van der Waals surface area contributed by atoms with Gasteiger partial charge in [0.1, 0.15) is 0 Å². The van der Waals surface area contributed by atoms with Gasteiger partial charge in [0.2, 0.25) is 11.7 Å². The van der Waals surface area contributed by atoms with Crippen LogP contribution in [0.1, 0.15) is 74.5 Å². The summed E-state index contributed by atoms with van der Waals surface area (Å²) in [4.78, 5) is 28.4. The van der Waals surface area contributed by atoms with E-state index in [2.05, 4.69) is 5.16 Å². The number of aromatic nitrogens is 1. The van der Waals surface area contributed by atoms with Crippen molar-refractivity contribution in [1.29, 1.82) is 0 Å². The highest BCUT2D eigenvalue weighted by Crippen LogP contribution is 2.24. The second-order valence-electron chi connectivity index (χ2n) is 7.19. The van der Waals surface area contributed by atoms with Crippen molar-refractivity contribution in [3.05, 3.63) is 17.5 Å². The van der Waals surface area contributed by atoms with Gasteiger partial charge in [0.15, 0.2) is 0 Å². The maximum Gasteiger partial charge on any atom is 0.292 e. The fourth-order valence-electron chi connectivity index (χ4n) is 3.62. The molecule has 0 bridgehead atoms. The Balaban J connectivity index is 1.64. The summed E-state index contributed by atoms with van der Waals surface area (Å²) < 4.78 is 5.28. The van der Waals surface area contributed by atoms with Crippen LogP contribution in [0.4, 0.5) is 0 Å². The van der Waals surface area contributed by atoms with Crippen LogP contribution in [0.15, 0.2) is 10.6 Å². The fourth-order valence-corrected chi connectivity index (χ4v) is 3.62. The number of nitrogens with zero attached hydrogens (tertiary/aromatic N) is 3. The topological polar surface area (TPSA) is 66.7 Å². The number of piperidine rings is 1. The molecule has 6 nitrogen and oxygen atoms in total. The molecular weight excluding hydrogens is 306 g/mol. The van der Waals surface area contributed by atoms with Crippen LogP contribution in [0.2, 0.25) is 0 Å². The summed E-state index contributed by atoms with van der Waals surface area (Å²) in [5.74, 6) is 0.767. The zero-order chi connectivity index (χ0) is 17.1. The zero-order valence-corrected chi connectivity index (χ0v) is 14.7. The predicted octanol–water partition coefficient (Wildman–Crippen LogP) is 2.81. The molecule has 1 atom stereocenters. The molecule has 24 heavy (non-hydrogen) atoms. The zero-order valence-electron chi connectivity index (χ0n) is 14.7. The number of likely N-dealkylation sites (tertiary alicyclic amines) is 2. The van der Waals surface area contributed by atoms with Crippen molar-refractivity contribution in [1.82, 2.24) is 15.0 Å². The number of carbonyl (C=O) groups excluding carboxylic acids is 2. The molecule has 0 saturated carbocycles. The Bertz CT molecular complexity index is 596. The Kier molecular flexibility index (Phi) is 5.21. The molecule has 2 aliphatic rings. The van der Waals surface area contributed by atoms with Gasteiger partial charge in [-0.1, -0.05) is 19.0 Å². The summed E-state index contributed by atoms with van der Waals surface area (Å²) in [6.07, 6.45) is 5.64. The first-order valence-corrected chi connectivity index (χ1v) is 9.11. The lowest BCUT2D eigenvalue weighted by Gasteiger charge is -2.36. The molecule has 1 aromatic heterocycles. The Morgan fingerprint density at radius 3 is 2.83 bits per heavy atom. The summed E-state index contributed by atoms with van der Waals surface area (Å²) in [5, 5.41) is 4.00. The highest BCUT2D eigenvalue weighted by Gasteiger charge is 2.31. The maximum atomic E-state index is 12.8. The van der Waals surface area contributed by atoms with Gasteiger partial charge in [-0.15, -0.1) is 0 Å². The van der Waals surface area contributed by atoms with E-state index < -0.39 is 0 Å². The second-order valence-corrected chi connectivity index (χ2v) is 7.19. The van der Waals surface area contributed by atoms with Gasteiger partial charge in [-0.05, 0) is 38.0 Å².